The van der Waals surface area contributed by atoms with Crippen molar-refractivity contribution in [3.05, 3.63) is 34.9 Å². The Morgan fingerprint density at radius 3 is 2.38 bits per heavy atom. The highest BCUT2D eigenvalue weighted by Crippen LogP contribution is 2.26. The molecule has 1 aromatic carbocycles. The standard InChI is InChI=1S/C17H18O7/c1-10(18)22-9-12-7-11(5-6-14(12)21-4)8-13-15(19)23-17(2,3)24-16(13)20/h5-8H,9H2,1-4H3. The summed E-state index contributed by atoms with van der Waals surface area (Å²) in [6.07, 6.45) is 1.36. The van der Waals surface area contributed by atoms with E-state index in [2.05, 4.69) is 0 Å². The summed E-state index contributed by atoms with van der Waals surface area (Å²) in [6, 6.07) is 4.95. The fourth-order valence-electron chi connectivity index (χ4n) is 2.13. The summed E-state index contributed by atoms with van der Waals surface area (Å²) in [5.41, 5.74) is 0.930. The van der Waals surface area contributed by atoms with Crippen molar-refractivity contribution in [1.29, 1.82) is 0 Å². The van der Waals surface area contributed by atoms with Crippen molar-refractivity contribution in [2.75, 3.05) is 7.11 Å². The highest BCUT2D eigenvalue weighted by atomic mass is 16.7. The average Bonchev–Trinajstić information content (AvgIpc) is 2.48. The van der Waals surface area contributed by atoms with Crippen LogP contribution in [0.2, 0.25) is 0 Å². The molecule has 1 aliphatic heterocycles. The van der Waals surface area contributed by atoms with E-state index in [0.717, 1.165) is 0 Å². The molecule has 0 N–H and O–H groups in total. The van der Waals surface area contributed by atoms with Gasteiger partial charge in [0.1, 0.15) is 17.9 Å². The van der Waals surface area contributed by atoms with Crippen LogP contribution < -0.4 is 4.74 Å². The van der Waals surface area contributed by atoms with Crippen LogP contribution in [-0.2, 0) is 35.2 Å². The van der Waals surface area contributed by atoms with Gasteiger partial charge in [-0.15, -0.1) is 0 Å². The van der Waals surface area contributed by atoms with Gasteiger partial charge in [0, 0.05) is 26.3 Å². The van der Waals surface area contributed by atoms with Crippen molar-refractivity contribution in [1.82, 2.24) is 0 Å². The van der Waals surface area contributed by atoms with Gasteiger partial charge in [-0.25, -0.2) is 9.59 Å². The highest BCUT2D eigenvalue weighted by molar-refractivity contribution is 6.18. The van der Waals surface area contributed by atoms with Crippen LogP contribution in [0.1, 0.15) is 31.9 Å². The first-order chi connectivity index (χ1) is 11.2. The fraction of sp³-hybridized carbons (Fsp3) is 0.353. The highest BCUT2D eigenvalue weighted by Gasteiger charge is 2.38. The van der Waals surface area contributed by atoms with Gasteiger partial charge in [0.05, 0.1) is 7.11 Å². The van der Waals surface area contributed by atoms with Crippen LogP contribution in [0.3, 0.4) is 0 Å². The number of methoxy groups -OCH3 is 1. The van der Waals surface area contributed by atoms with Crippen LogP contribution in [0.15, 0.2) is 23.8 Å². The fourth-order valence-corrected chi connectivity index (χ4v) is 2.13. The van der Waals surface area contributed by atoms with Crippen LogP contribution >= 0.6 is 0 Å². The van der Waals surface area contributed by atoms with Gasteiger partial charge >= 0.3 is 17.9 Å². The minimum absolute atomic E-state index is 0.0114. The van der Waals surface area contributed by atoms with E-state index in [1.165, 1.54) is 34.0 Å². The van der Waals surface area contributed by atoms with E-state index in [1.807, 2.05) is 0 Å². The first-order valence-electron chi connectivity index (χ1n) is 7.20. The van der Waals surface area contributed by atoms with Gasteiger partial charge in [0.25, 0.3) is 5.79 Å². The molecule has 0 spiro atoms. The van der Waals surface area contributed by atoms with Crippen molar-refractivity contribution in [2.24, 2.45) is 0 Å². The molecule has 128 valence electrons. The summed E-state index contributed by atoms with van der Waals surface area (Å²) < 4.78 is 20.2. The predicted octanol–water partition coefficient (Wildman–Crippen LogP) is 1.98. The van der Waals surface area contributed by atoms with Crippen molar-refractivity contribution < 1.29 is 33.3 Å². The molecule has 0 amide bonds. The molecule has 1 heterocycles. The molecule has 1 fully saturated rings. The zero-order valence-corrected chi connectivity index (χ0v) is 13.9. The Kier molecular flexibility index (Phi) is 4.92. The van der Waals surface area contributed by atoms with E-state index < -0.39 is 23.7 Å². The molecule has 2 rings (SSSR count). The van der Waals surface area contributed by atoms with Crippen LogP contribution in [0, 0.1) is 0 Å². The number of ether oxygens (including phenoxy) is 4. The van der Waals surface area contributed by atoms with Crippen molar-refractivity contribution >= 4 is 24.0 Å². The summed E-state index contributed by atoms with van der Waals surface area (Å²) in [4.78, 5) is 34.9. The minimum Gasteiger partial charge on any atom is -0.496 e. The van der Waals surface area contributed by atoms with Gasteiger partial charge < -0.3 is 18.9 Å². The Hall–Kier alpha value is -2.83. The number of carbonyl (C=O) groups is 3. The van der Waals surface area contributed by atoms with E-state index >= 15 is 0 Å². The van der Waals surface area contributed by atoms with E-state index in [0.29, 0.717) is 16.9 Å². The second-order valence-electron chi connectivity index (χ2n) is 5.59. The Morgan fingerprint density at radius 2 is 1.83 bits per heavy atom. The lowest BCUT2D eigenvalue weighted by Crippen LogP contribution is -2.41. The third kappa shape index (κ3) is 4.13. The smallest absolute Gasteiger partial charge is 0.348 e. The third-order valence-corrected chi connectivity index (χ3v) is 3.16. The lowest BCUT2D eigenvalue weighted by molar-refractivity contribution is -0.222. The summed E-state index contributed by atoms with van der Waals surface area (Å²) in [6.45, 7) is 4.26. The molecular formula is C17H18O7. The minimum atomic E-state index is -1.29. The first kappa shape index (κ1) is 17.5. The number of hydrogen-bond donors (Lipinski definition) is 0. The monoisotopic (exact) mass is 334 g/mol. The van der Waals surface area contributed by atoms with Gasteiger partial charge in [0.2, 0.25) is 0 Å². The van der Waals surface area contributed by atoms with Crippen LogP contribution in [-0.4, -0.2) is 30.8 Å². The molecule has 1 saturated heterocycles. The van der Waals surface area contributed by atoms with Crippen LogP contribution in [0.5, 0.6) is 5.75 Å². The third-order valence-electron chi connectivity index (χ3n) is 3.16. The number of benzene rings is 1. The molecule has 0 saturated carbocycles. The van der Waals surface area contributed by atoms with Gasteiger partial charge in [-0.2, -0.15) is 0 Å². The lowest BCUT2D eigenvalue weighted by Gasteiger charge is -2.29. The Bertz CT molecular complexity index is 694. The molecule has 1 aliphatic rings. The average molecular weight is 334 g/mol. The quantitative estimate of drug-likeness (QED) is 0.472. The zero-order chi connectivity index (χ0) is 17.9. The molecule has 1 aromatic rings. The summed E-state index contributed by atoms with van der Waals surface area (Å²) in [5.74, 6) is -2.70. The summed E-state index contributed by atoms with van der Waals surface area (Å²) >= 11 is 0. The van der Waals surface area contributed by atoms with Crippen LogP contribution in [0.25, 0.3) is 6.08 Å². The number of cyclic esters (lactones) is 2. The number of rotatable bonds is 4. The van der Waals surface area contributed by atoms with E-state index in [1.54, 1.807) is 18.2 Å². The van der Waals surface area contributed by atoms with Gasteiger partial charge in [-0.05, 0) is 23.8 Å². The molecule has 0 radical (unpaired) electrons. The first-order valence-corrected chi connectivity index (χ1v) is 7.20. The van der Waals surface area contributed by atoms with Gasteiger partial charge in [-0.3, -0.25) is 4.79 Å². The molecule has 0 unspecified atom stereocenters. The predicted molar refractivity (Wildman–Crippen MR) is 82.7 cm³/mol. The number of carbonyl (C=O) groups excluding carboxylic acids is 3. The van der Waals surface area contributed by atoms with Gasteiger partial charge in [0.15, 0.2) is 0 Å². The molecule has 7 nitrogen and oxygen atoms in total. The molecule has 0 aromatic heterocycles. The van der Waals surface area contributed by atoms with Crippen molar-refractivity contribution in [3.8, 4) is 5.75 Å². The maximum atomic E-state index is 12.0. The van der Waals surface area contributed by atoms with Crippen molar-refractivity contribution in [3.63, 3.8) is 0 Å². The SMILES string of the molecule is COc1ccc(C=C2C(=O)OC(C)(C)OC2=O)cc1COC(C)=O. The molecule has 24 heavy (non-hydrogen) atoms. The molecule has 7 heteroatoms. The molecular weight excluding hydrogens is 316 g/mol. The number of esters is 3. The van der Waals surface area contributed by atoms with E-state index in [4.69, 9.17) is 18.9 Å². The topological polar surface area (TPSA) is 88.1 Å². The number of hydrogen-bond acceptors (Lipinski definition) is 7. The van der Waals surface area contributed by atoms with E-state index in [9.17, 15) is 14.4 Å². The maximum Gasteiger partial charge on any atom is 0.348 e. The lowest BCUT2D eigenvalue weighted by atomic mass is 10.1. The largest absolute Gasteiger partial charge is 0.496 e. The normalized spacial score (nSPS) is 16.1. The molecule has 0 aliphatic carbocycles. The Labute approximate surface area is 139 Å². The summed E-state index contributed by atoms with van der Waals surface area (Å²) in [5, 5.41) is 0. The van der Waals surface area contributed by atoms with Crippen molar-refractivity contribution in [2.45, 2.75) is 33.2 Å². The molecule has 0 bridgehead atoms. The molecule has 0 atom stereocenters. The zero-order valence-electron chi connectivity index (χ0n) is 13.9. The van der Waals surface area contributed by atoms with Gasteiger partial charge in [-0.1, -0.05) is 6.07 Å². The Balaban J connectivity index is 2.32. The maximum absolute atomic E-state index is 12.0. The second-order valence-corrected chi connectivity index (χ2v) is 5.59. The summed E-state index contributed by atoms with van der Waals surface area (Å²) in [7, 11) is 1.49. The second kappa shape index (κ2) is 6.74. The van der Waals surface area contributed by atoms with Crippen LogP contribution in [0.4, 0.5) is 0 Å². The van der Waals surface area contributed by atoms with E-state index in [-0.39, 0.29) is 12.2 Å². The Morgan fingerprint density at radius 1 is 1.21 bits per heavy atom.